The van der Waals surface area contributed by atoms with Crippen LogP contribution in [0, 0.1) is 0 Å². The highest BCUT2D eigenvalue weighted by atomic mass is 16.7. The van der Waals surface area contributed by atoms with E-state index in [1.54, 1.807) is 12.5 Å². The first-order valence-corrected chi connectivity index (χ1v) is 10.3. The average molecular weight is 402 g/mol. The standard InChI is InChI=1S/C24H26N4O2/c1-2-3-15-29-24(20-10-6-4-7-11-20,21-12-8-5-9-13-21)30-16-14-28-19-27-22-17-25-18-26-23(22)28/h4-13,17-19H,2-3,14-16H2,1H3. The zero-order valence-electron chi connectivity index (χ0n) is 17.1. The van der Waals surface area contributed by atoms with Crippen molar-refractivity contribution >= 4 is 11.2 Å². The van der Waals surface area contributed by atoms with Gasteiger partial charge in [0, 0.05) is 17.7 Å². The summed E-state index contributed by atoms with van der Waals surface area (Å²) < 4.78 is 15.0. The Kier molecular flexibility index (Phi) is 6.47. The predicted molar refractivity (Wildman–Crippen MR) is 116 cm³/mol. The molecule has 6 nitrogen and oxygen atoms in total. The van der Waals surface area contributed by atoms with Crippen molar-refractivity contribution in [2.24, 2.45) is 0 Å². The van der Waals surface area contributed by atoms with Gasteiger partial charge in [0.05, 0.1) is 25.7 Å². The molecule has 0 aliphatic rings. The highest BCUT2D eigenvalue weighted by molar-refractivity contribution is 5.68. The molecule has 0 aliphatic carbocycles. The van der Waals surface area contributed by atoms with Crippen molar-refractivity contribution in [1.29, 1.82) is 0 Å². The zero-order valence-corrected chi connectivity index (χ0v) is 17.1. The molecule has 0 aliphatic heterocycles. The number of hydrogen-bond acceptors (Lipinski definition) is 5. The van der Waals surface area contributed by atoms with Crippen LogP contribution in [0.3, 0.4) is 0 Å². The topological polar surface area (TPSA) is 62.1 Å². The maximum Gasteiger partial charge on any atom is 0.222 e. The van der Waals surface area contributed by atoms with Gasteiger partial charge in [-0.25, -0.2) is 15.0 Å². The Labute approximate surface area is 176 Å². The van der Waals surface area contributed by atoms with E-state index in [0.29, 0.717) is 19.8 Å². The second kappa shape index (κ2) is 9.61. The third-order valence-electron chi connectivity index (χ3n) is 5.03. The molecule has 0 saturated heterocycles. The van der Waals surface area contributed by atoms with Crippen LogP contribution in [0.1, 0.15) is 30.9 Å². The van der Waals surface area contributed by atoms with Gasteiger partial charge in [0.25, 0.3) is 0 Å². The Hall–Kier alpha value is -3.09. The van der Waals surface area contributed by atoms with Crippen LogP contribution < -0.4 is 0 Å². The predicted octanol–water partition coefficient (Wildman–Crippen LogP) is 4.56. The molecule has 0 saturated carbocycles. The maximum absolute atomic E-state index is 6.56. The second-order valence-corrected chi connectivity index (χ2v) is 7.07. The van der Waals surface area contributed by atoms with E-state index in [0.717, 1.165) is 35.1 Å². The SMILES string of the molecule is CCCCOC(OCCn1cnc2cncnc21)(c1ccccc1)c1ccccc1. The number of benzene rings is 2. The Morgan fingerprint density at radius 2 is 1.53 bits per heavy atom. The molecule has 0 unspecified atom stereocenters. The molecule has 6 heteroatoms. The van der Waals surface area contributed by atoms with E-state index in [9.17, 15) is 0 Å². The van der Waals surface area contributed by atoms with Gasteiger partial charge in [-0.1, -0.05) is 74.0 Å². The molecule has 4 rings (SSSR count). The Morgan fingerprint density at radius 1 is 0.867 bits per heavy atom. The Balaban J connectivity index is 1.63. The zero-order chi connectivity index (χ0) is 20.7. The minimum Gasteiger partial charge on any atom is -0.342 e. The molecule has 4 aromatic rings. The van der Waals surface area contributed by atoms with Crippen LogP contribution >= 0.6 is 0 Å². The summed E-state index contributed by atoms with van der Waals surface area (Å²) in [5.41, 5.74) is 3.52. The molecule has 154 valence electrons. The quantitative estimate of drug-likeness (QED) is 0.287. The number of fused-ring (bicyclic) bond motifs is 1. The van der Waals surface area contributed by atoms with Crippen LogP contribution in [0.5, 0.6) is 0 Å². The van der Waals surface area contributed by atoms with Crippen LogP contribution in [0.2, 0.25) is 0 Å². The fraction of sp³-hybridized carbons (Fsp3) is 0.292. The lowest BCUT2D eigenvalue weighted by Gasteiger charge is -2.35. The minimum absolute atomic E-state index is 0.436. The molecular formula is C24H26N4O2. The minimum atomic E-state index is -0.969. The van der Waals surface area contributed by atoms with Gasteiger partial charge in [-0.3, -0.25) is 0 Å². The summed E-state index contributed by atoms with van der Waals surface area (Å²) in [5.74, 6) is -0.969. The number of hydrogen-bond donors (Lipinski definition) is 0. The fourth-order valence-electron chi connectivity index (χ4n) is 3.48. The van der Waals surface area contributed by atoms with Crippen LogP contribution in [-0.4, -0.2) is 32.7 Å². The summed E-state index contributed by atoms with van der Waals surface area (Å²) in [6, 6.07) is 20.3. The molecule has 0 amide bonds. The summed E-state index contributed by atoms with van der Waals surface area (Å²) >= 11 is 0. The van der Waals surface area contributed by atoms with E-state index in [1.165, 1.54) is 6.33 Å². The summed E-state index contributed by atoms with van der Waals surface area (Å²) in [5, 5.41) is 0. The highest BCUT2D eigenvalue weighted by Crippen LogP contribution is 2.35. The first kappa shape index (κ1) is 20.2. The van der Waals surface area contributed by atoms with Crippen LogP contribution in [0.25, 0.3) is 11.2 Å². The lowest BCUT2D eigenvalue weighted by molar-refractivity contribution is -0.219. The van der Waals surface area contributed by atoms with E-state index >= 15 is 0 Å². The van der Waals surface area contributed by atoms with Crippen LogP contribution in [0.4, 0.5) is 0 Å². The summed E-state index contributed by atoms with van der Waals surface area (Å²) in [7, 11) is 0. The number of ether oxygens (including phenoxy) is 2. The average Bonchev–Trinajstić information content (AvgIpc) is 3.22. The largest absolute Gasteiger partial charge is 0.342 e. The van der Waals surface area contributed by atoms with Gasteiger partial charge in [0.2, 0.25) is 5.79 Å². The van der Waals surface area contributed by atoms with Gasteiger partial charge in [-0.05, 0) is 6.42 Å². The monoisotopic (exact) mass is 402 g/mol. The third kappa shape index (κ3) is 4.25. The van der Waals surface area contributed by atoms with Crippen molar-refractivity contribution in [3.05, 3.63) is 90.6 Å². The number of aromatic nitrogens is 4. The molecule has 0 N–H and O–H groups in total. The lowest BCUT2D eigenvalue weighted by Crippen LogP contribution is -2.36. The van der Waals surface area contributed by atoms with Crippen molar-refractivity contribution in [2.75, 3.05) is 13.2 Å². The smallest absolute Gasteiger partial charge is 0.222 e. The normalized spacial score (nSPS) is 11.8. The van der Waals surface area contributed by atoms with E-state index in [1.807, 2.05) is 41.0 Å². The molecular weight excluding hydrogens is 376 g/mol. The summed E-state index contributed by atoms with van der Waals surface area (Å²) in [6.07, 6.45) is 7.04. The fourth-order valence-corrected chi connectivity index (χ4v) is 3.48. The highest BCUT2D eigenvalue weighted by Gasteiger charge is 2.36. The van der Waals surface area contributed by atoms with Gasteiger partial charge in [0.1, 0.15) is 11.8 Å². The van der Waals surface area contributed by atoms with Gasteiger partial charge in [-0.2, -0.15) is 0 Å². The Morgan fingerprint density at radius 3 is 2.20 bits per heavy atom. The molecule has 2 heterocycles. The van der Waals surface area contributed by atoms with E-state index in [2.05, 4.69) is 46.1 Å². The summed E-state index contributed by atoms with van der Waals surface area (Å²) in [6.45, 7) is 3.81. The number of unbranched alkanes of at least 4 members (excludes halogenated alkanes) is 1. The van der Waals surface area contributed by atoms with Gasteiger partial charge < -0.3 is 14.0 Å². The Bertz CT molecular complexity index is 1010. The maximum atomic E-state index is 6.56. The van der Waals surface area contributed by atoms with Crippen molar-refractivity contribution in [3.63, 3.8) is 0 Å². The number of nitrogens with zero attached hydrogens (tertiary/aromatic N) is 4. The van der Waals surface area contributed by atoms with Crippen molar-refractivity contribution in [3.8, 4) is 0 Å². The third-order valence-corrected chi connectivity index (χ3v) is 5.03. The first-order valence-electron chi connectivity index (χ1n) is 10.3. The molecule has 0 atom stereocenters. The van der Waals surface area contributed by atoms with Gasteiger partial charge in [0.15, 0.2) is 5.65 Å². The number of rotatable bonds is 10. The first-order chi connectivity index (χ1) is 14.8. The van der Waals surface area contributed by atoms with Gasteiger partial charge in [-0.15, -0.1) is 0 Å². The van der Waals surface area contributed by atoms with Crippen LogP contribution in [-0.2, 0) is 21.8 Å². The second-order valence-electron chi connectivity index (χ2n) is 7.07. The molecule has 30 heavy (non-hydrogen) atoms. The van der Waals surface area contributed by atoms with Crippen LogP contribution in [0.15, 0.2) is 79.5 Å². The van der Waals surface area contributed by atoms with Crippen molar-refractivity contribution in [2.45, 2.75) is 32.1 Å². The molecule has 0 radical (unpaired) electrons. The van der Waals surface area contributed by atoms with E-state index < -0.39 is 5.79 Å². The molecule has 2 aromatic heterocycles. The van der Waals surface area contributed by atoms with Gasteiger partial charge >= 0.3 is 0 Å². The summed E-state index contributed by atoms with van der Waals surface area (Å²) in [4.78, 5) is 12.7. The molecule has 0 spiro atoms. The van der Waals surface area contributed by atoms with E-state index in [-0.39, 0.29) is 0 Å². The number of imidazole rings is 1. The van der Waals surface area contributed by atoms with Crippen molar-refractivity contribution in [1.82, 2.24) is 19.5 Å². The molecule has 0 fully saturated rings. The lowest BCUT2D eigenvalue weighted by atomic mass is 9.97. The molecule has 2 aromatic carbocycles. The van der Waals surface area contributed by atoms with E-state index in [4.69, 9.17) is 9.47 Å². The van der Waals surface area contributed by atoms with Crippen molar-refractivity contribution < 1.29 is 9.47 Å². The molecule has 0 bridgehead atoms.